The van der Waals surface area contributed by atoms with Gasteiger partial charge < -0.3 is 10.1 Å². The Kier molecular flexibility index (Phi) is 8.22. The second kappa shape index (κ2) is 9.11. The quantitative estimate of drug-likeness (QED) is 0.840. The third-order valence-corrected chi connectivity index (χ3v) is 4.33. The maximum atomic E-state index is 5.90. The topological polar surface area (TPSA) is 24.5 Å². The number of rotatable bonds is 5. The zero-order chi connectivity index (χ0) is 13.7. The molecular formula is C14H21BrCl2N2O. The summed E-state index contributed by atoms with van der Waals surface area (Å²) in [5, 5.41) is 4.07. The lowest BCUT2D eigenvalue weighted by molar-refractivity contribution is 0.162. The molecule has 0 aromatic heterocycles. The van der Waals surface area contributed by atoms with Crippen LogP contribution in [0.15, 0.2) is 22.7 Å². The van der Waals surface area contributed by atoms with Crippen molar-refractivity contribution in [1.29, 1.82) is 0 Å². The molecule has 0 aliphatic carbocycles. The normalized spacial score (nSPS) is 19.4. The van der Waals surface area contributed by atoms with Crippen LogP contribution in [0.5, 0.6) is 5.75 Å². The molecule has 0 radical (unpaired) electrons. The van der Waals surface area contributed by atoms with Gasteiger partial charge >= 0.3 is 0 Å². The number of piperidine rings is 1. The van der Waals surface area contributed by atoms with Gasteiger partial charge in [-0.1, -0.05) is 11.6 Å². The van der Waals surface area contributed by atoms with Crippen molar-refractivity contribution in [2.75, 3.05) is 33.3 Å². The molecule has 1 unspecified atom stereocenters. The molecule has 1 atom stereocenters. The lowest BCUT2D eigenvalue weighted by Gasteiger charge is -2.32. The van der Waals surface area contributed by atoms with Gasteiger partial charge in [-0.3, -0.25) is 4.90 Å². The largest absolute Gasteiger partial charge is 0.491 e. The summed E-state index contributed by atoms with van der Waals surface area (Å²) in [4.78, 5) is 2.45. The first kappa shape index (κ1) is 18.1. The first-order valence-electron chi connectivity index (χ1n) is 6.66. The Bertz CT molecular complexity index is 420. The van der Waals surface area contributed by atoms with Crippen LogP contribution in [-0.2, 0) is 0 Å². The smallest absolute Gasteiger partial charge is 0.133 e. The van der Waals surface area contributed by atoms with E-state index in [0.29, 0.717) is 17.7 Å². The van der Waals surface area contributed by atoms with E-state index in [1.54, 1.807) is 0 Å². The minimum Gasteiger partial charge on any atom is -0.491 e. The summed E-state index contributed by atoms with van der Waals surface area (Å²) in [5.74, 6) is 0.853. The van der Waals surface area contributed by atoms with Crippen LogP contribution in [0.4, 0.5) is 0 Å². The van der Waals surface area contributed by atoms with Crippen molar-refractivity contribution in [3.63, 3.8) is 0 Å². The minimum absolute atomic E-state index is 0. The summed E-state index contributed by atoms with van der Waals surface area (Å²) in [6.45, 7) is 3.95. The van der Waals surface area contributed by atoms with Crippen molar-refractivity contribution < 1.29 is 4.74 Å². The van der Waals surface area contributed by atoms with E-state index in [1.165, 1.54) is 19.4 Å². The van der Waals surface area contributed by atoms with Crippen LogP contribution < -0.4 is 10.1 Å². The molecule has 1 fully saturated rings. The van der Waals surface area contributed by atoms with Gasteiger partial charge in [-0.15, -0.1) is 12.4 Å². The number of likely N-dealkylation sites (N-methyl/N-ethyl adjacent to an activating group) is 1. The van der Waals surface area contributed by atoms with E-state index in [0.717, 1.165) is 23.3 Å². The molecule has 1 heterocycles. The summed E-state index contributed by atoms with van der Waals surface area (Å²) in [7, 11) is 2.04. The molecule has 114 valence electrons. The number of nitrogens with zero attached hydrogens (tertiary/aromatic N) is 1. The Labute approximate surface area is 140 Å². The van der Waals surface area contributed by atoms with Gasteiger partial charge in [-0.2, -0.15) is 0 Å². The number of hydrogen-bond acceptors (Lipinski definition) is 3. The van der Waals surface area contributed by atoms with E-state index in [2.05, 4.69) is 26.1 Å². The Morgan fingerprint density at radius 1 is 1.50 bits per heavy atom. The van der Waals surface area contributed by atoms with Crippen molar-refractivity contribution in [3.8, 4) is 5.75 Å². The maximum absolute atomic E-state index is 5.90. The standard InChI is InChI=1S/C14H20BrClN2O.ClH/c1-17-12-3-2-6-18(10-12)7-8-19-14-5-4-11(16)9-13(14)15;/h4-5,9,12,17H,2-3,6-8,10H2,1H3;1H. The zero-order valence-electron chi connectivity index (χ0n) is 11.6. The number of hydrogen-bond donors (Lipinski definition) is 1. The van der Waals surface area contributed by atoms with E-state index in [1.807, 2.05) is 25.2 Å². The fraction of sp³-hybridized carbons (Fsp3) is 0.571. The molecule has 1 aromatic carbocycles. The monoisotopic (exact) mass is 382 g/mol. The van der Waals surface area contributed by atoms with Gasteiger partial charge in [0.15, 0.2) is 0 Å². The van der Waals surface area contributed by atoms with Crippen molar-refractivity contribution in [2.45, 2.75) is 18.9 Å². The van der Waals surface area contributed by atoms with Crippen molar-refractivity contribution in [1.82, 2.24) is 10.2 Å². The Morgan fingerprint density at radius 3 is 3.00 bits per heavy atom. The second-order valence-electron chi connectivity index (χ2n) is 4.85. The van der Waals surface area contributed by atoms with E-state index in [-0.39, 0.29) is 12.4 Å². The summed E-state index contributed by atoms with van der Waals surface area (Å²) in [6.07, 6.45) is 2.53. The van der Waals surface area contributed by atoms with E-state index >= 15 is 0 Å². The average molecular weight is 384 g/mol. The summed E-state index contributed by atoms with van der Waals surface area (Å²) in [5.41, 5.74) is 0. The molecule has 6 heteroatoms. The Hall–Kier alpha value is -0.0000000000000000555. The number of benzene rings is 1. The van der Waals surface area contributed by atoms with E-state index in [9.17, 15) is 0 Å². The Morgan fingerprint density at radius 2 is 2.30 bits per heavy atom. The molecule has 0 saturated carbocycles. The van der Waals surface area contributed by atoms with Crippen LogP contribution in [0.25, 0.3) is 0 Å². The molecule has 0 bridgehead atoms. The highest BCUT2D eigenvalue weighted by Crippen LogP contribution is 2.27. The SMILES string of the molecule is CNC1CCCN(CCOc2ccc(Cl)cc2Br)C1.Cl. The third-order valence-electron chi connectivity index (χ3n) is 3.47. The molecule has 1 aromatic rings. The lowest BCUT2D eigenvalue weighted by Crippen LogP contribution is -2.45. The predicted octanol–water partition coefficient (Wildman–Crippen LogP) is 3.59. The minimum atomic E-state index is 0. The van der Waals surface area contributed by atoms with Gasteiger partial charge in [0, 0.05) is 24.2 Å². The molecule has 2 rings (SSSR count). The number of halogens is 3. The van der Waals surface area contributed by atoms with Gasteiger partial charge in [-0.05, 0) is 60.6 Å². The molecule has 20 heavy (non-hydrogen) atoms. The first-order valence-corrected chi connectivity index (χ1v) is 7.83. The number of nitrogens with one attached hydrogen (secondary N) is 1. The maximum Gasteiger partial charge on any atom is 0.133 e. The highest BCUT2D eigenvalue weighted by molar-refractivity contribution is 9.10. The molecular weight excluding hydrogens is 363 g/mol. The van der Waals surface area contributed by atoms with Crippen LogP contribution in [0.3, 0.4) is 0 Å². The zero-order valence-corrected chi connectivity index (χ0v) is 14.7. The van der Waals surface area contributed by atoms with Crippen LogP contribution in [-0.4, -0.2) is 44.2 Å². The van der Waals surface area contributed by atoms with Crippen LogP contribution in [0.1, 0.15) is 12.8 Å². The molecule has 3 nitrogen and oxygen atoms in total. The molecule has 0 amide bonds. The van der Waals surface area contributed by atoms with Crippen molar-refractivity contribution >= 4 is 39.9 Å². The predicted molar refractivity (Wildman–Crippen MR) is 90.4 cm³/mol. The summed E-state index contributed by atoms with van der Waals surface area (Å²) < 4.78 is 6.70. The van der Waals surface area contributed by atoms with Crippen LogP contribution in [0, 0.1) is 0 Å². The van der Waals surface area contributed by atoms with Gasteiger partial charge in [0.2, 0.25) is 0 Å². The van der Waals surface area contributed by atoms with E-state index < -0.39 is 0 Å². The first-order chi connectivity index (χ1) is 9.19. The third kappa shape index (κ3) is 5.41. The molecule has 1 N–H and O–H groups in total. The summed E-state index contributed by atoms with van der Waals surface area (Å²) >= 11 is 9.37. The molecule has 1 saturated heterocycles. The van der Waals surface area contributed by atoms with Gasteiger partial charge in [0.1, 0.15) is 12.4 Å². The number of ether oxygens (including phenoxy) is 1. The molecule has 1 aliphatic heterocycles. The fourth-order valence-corrected chi connectivity index (χ4v) is 3.17. The van der Waals surface area contributed by atoms with E-state index in [4.69, 9.17) is 16.3 Å². The molecule has 0 spiro atoms. The fourth-order valence-electron chi connectivity index (χ4n) is 2.37. The molecule has 1 aliphatic rings. The summed E-state index contributed by atoms with van der Waals surface area (Å²) in [6, 6.07) is 6.23. The van der Waals surface area contributed by atoms with Gasteiger partial charge in [-0.25, -0.2) is 0 Å². The van der Waals surface area contributed by atoms with Crippen molar-refractivity contribution in [2.24, 2.45) is 0 Å². The van der Waals surface area contributed by atoms with Crippen LogP contribution in [0.2, 0.25) is 5.02 Å². The highest BCUT2D eigenvalue weighted by Gasteiger charge is 2.17. The van der Waals surface area contributed by atoms with Crippen molar-refractivity contribution in [3.05, 3.63) is 27.7 Å². The second-order valence-corrected chi connectivity index (χ2v) is 6.14. The Balaban J connectivity index is 0.00000200. The lowest BCUT2D eigenvalue weighted by atomic mass is 10.1. The highest BCUT2D eigenvalue weighted by atomic mass is 79.9. The number of likely N-dealkylation sites (tertiary alicyclic amines) is 1. The average Bonchev–Trinajstić information content (AvgIpc) is 2.41. The van der Waals surface area contributed by atoms with Gasteiger partial charge in [0.25, 0.3) is 0 Å². The van der Waals surface area contributed by atoms with Gasteiger partial charge in [0.05, 0.1) is 4.47 Å². The van der Waals surface area contributed by atoms with Crippen LogP contribution >= 0.6 is 39.9 Å².